The first-order valence-corrected chi connectivity index (χ1v) is 8.02. The van der Waals surface area contributed by atoms with Crippen LogP contribution in [0.2, 0.25) is 0 Å². The van der Waals surface area contributed by atoms with Gasteiger partial charge in [0.05, 0.1) is 11.3 Å². The van der Waals surface area contributed by atoms with Crippen LogP contribution < -0.4 is 5.73 Å². The summed E-state index contributed by atoms with van der Waals surface area (Å²) in [6, 6.07) is 3.68. The summed E-state index contributed by atoms with van der Waals surface area (Å²) in [5, 5.41) is 0.455. The molecular formula is C14H14BrF3N2S. The zero-order valence-electron chi connectivity index (χ0n) is 11.3. The number of halogens is 4. The van der Waals surface area contributed by atoms with Crippen LogP contribution >= 0.6 is 27.3 Å². The highest BCUT2D eigenvalue weighted by atomic mass is 79.9. The SMILES string of the molecule is CCCc1nc(N)sc1Cc1cc(C(F)(F)F)ccc1Br. The zero-order valence-corrected chi connectivity index (χ0v) is 13.7. The molecule has 0 amide bonds. The Morgan fingerprint density at radius 3 is 2.67 bits per heavy atom. The second-order valence-electron chi connectivity index (χ2n) is 4.65. The van der Waals surface area contributed by atoms with Crippen LogP contribution in [-0.4, -0.2) is 4.98 Å². The molecule has 0 aliphatic rings. The van der Waals surface area contributed by atoms with Crippen molar-refractivity contribution in [1.29, 1.82) is 0 Å². The maximum Gasteiger partial charge on any atom is 0.416 e. The van der Waals surface area contributed by atoms with Crippen LogP contribution in [0.3, 0.4) is 0 Å². The number of aryl methyl sites for hydroxylation is 1. The summed E-state index contributed by atoms with van der Waals surface area (Å²) in [5.74, 6) is 0. The first kappa shape index (κ1) is 16.3. The van der Waals surface area contributed by atoms with Crippen molar-refractivity contribution in [3.8, 4) is 0 Å². The Morgan fingerprint density at radius 2 is 2.05 bits per heavy atom. The molecule has 7 heteroatoms. The minimum absolute atomic E-state index is 0.398. The number of anilines is 1. The van der Waals surface area contributed by atoms with E-state index in [-0.39, 0.29) is 0 Å². The van der Waals surface area contributed by atoms with Gasteiger partial charge in [-0.2, -0.15) is 13.2 Å². The molecule has 0 aliphatic carbocycles. The molecule has 0 atom stereocenters. The Morgan fingerprint density at radius 1 is 1.33 bits per heavy atom. The monoisotopic (exact) mass is 378 g/mol. The predicted octanol–water partition coefficient (Wildman–Crippen LogP) is 5.05. The number of benzene rings is 1. The molecule has 1 aromatic heterocycles. The standard InChI is InChI=1S/C14H14BrF3N2S/c1-2-3-11-12(21-13(19)20-11)7-8-6-9(14(16,17)18)4-5-10(8)15/h4-6H,2-3,7H2,1H3,(H2,19,20). The van der Waals surface area contributed by atoms with Crippen LogP contribution in [0, 0.1) is 0 Å². The van der Waals surface area contributed by atoms with Crippen molar-refractivity contribution in [3.63, 3.8) is 0 Å². The van der Waals surface area contributed by atoms with Crippen LogP contribution in [-0.2, 0) is 19.0 Å². The van der Waals surface area contributed by atoms with E-state index in [0.29, 0.717) is 21.6 Å². The fraction of sp³-hybridized carbons (Fsp3) is 0.357. The molecule has 0 unspecified atom stereocenters. The summed E-state index contributed by atoms with van der Waals surface area (Å²) < 4.78 is 39.0. The highest BCUT2D eigenvalue weighted by Gasteiger charge is 2.31. The van der Waals surface area contributed by atoms with Crippen molar-refractivity contribution >= 4 is 32.4 Å². The Balaban J connectivity index is 2.35. The molecule has 0 saturated heterocycles. The van der Waals surface area contributed by atoms with E-state index in [9.17, 15) is 13.2 Å². The number of thiazole rings is 1. The molecule has 2 aromatic rings. The number of nitrogen functional groups attached to an aromatic ring is 1. The molecule has 21 heavy (non-hydrogen) atoms. The van der Waals surface area contributed by atoms with Gasteiger partial charge in [-0.15, -0.1) is 11.3 Å². The first-order chi connectivity index (χ1) is 9.81. The van der Waals surface area contributed by atoms with Crippen molar-refractivity contribution in [1.82, 2.24) is 4.98 Å². The first-order valence-electron chi connectivity index (χ1n) is 6.41. The van der Waals surface area contributed by atoms with Crippen molar-refractivity contribution in [2.24, 2.45) is 0 Å². The lowest BCUT2D eigenvalue weighted by atomic mass is 10.1. The van der Waals surface area contributed by atoms with E-state index in [1.807, 2.05) is 6.92 Å². The van der Waals surface area contributed by atoms with Gasteiger partial charge in [0.25, 0.3) is 0 Å². The zero-order chi connectivity index (χ0) is 15.6. The lowest BCUT2D eigenvalue weighted by Gasteiger charge is -2.10. The third-order valence-electron chi connectivity index (χ3n) is 3.01. The average molecular weight is 379 g/mol. The molecule has 0 saturated carbocycles. The fourth-order valence-electron chi connectivity index (χ4n) is 2.03. The number of hydrogen-bond donors (Lipinski definition) is 1. The molecule has 2 N–H and O–H groups in total. The van der Waals surface area contributed by atoms with Crippen molar-refractivity contribution in [3.05, 3.63) is 44.4 Å². The van der Waals surface area contributed by atoms with Gasteiger partial charge in [0.2, 0.25) is 0 Å². The second-order valence-corrected chi connectivity index (χ2v) is 6.62. The molecule has 0 fully saturated rings. The molecule has 1 aromatic carbocycles. The molecule has 0 radical (unpaired) electrons. The van der Waals surface area contributed by atoms with E-state index < -0.39 is 11.7 Å². The Labute approximate surface area is 133 Å². The van der Waals surface area contributed by atoms with Crippen LogP contribution in [0.1, 0.15) is 35.0 Å². The van der Waals surface area contributed by atoms with E-state index in [0.717, 1.165) is 29.5 Å². The second kappa shape index (κ2) is 6.36. The lowest BCUT2D eigenvalue weighted by Crippen LogP contribution is -2.06. The summed E-state index contributed by atoms with van der Waals surface area (Å²) in [5.41, 5.74) is 6.54. The lowest BCUT2D eigenvalue weighted by molar-refractivity contribution is -0.137. The van der Waals surface area contributed by atoms with Crippen LogP contribution in [0.25, 0.3) is 0 Å². The number of nitrogens with zero attached hydrogens (tertiary/aromatic N) is 1. The van der Waals surface area contributed by atoms with E-state index >= 15 is 0 Å². The minimum atomic E-state index is -4.34. The van der Waals surface area contributed by atoms with E-state index in [4.69, 9.17) is 5.73 Å². The van der Waals surface area contributed by atoms with E-state index in [1.54, 1.807) is 0 Å². The van der Waals surface area contributed by atoms with Gasteiger partial charge < -0.3 is 5.73 Å². The smallest absolute Gasteiger partial charge is 0.375 e. The van der Waals surface area contributed by atoms with Gasteiger partial charge >= 0.3 is 6.18 Å². The maximum absolute atomic E-state index is 12.8. The van der Waals surface area contributed by atoms with Gasteiger partial charge in [0.1, 0.15) is 0 Å². The number of nitrogens with two attached hydrogens (primary N) is 1. The predicted molar refractivity (Wildman–Crippen MR) is 82.5 cm³/mol. The average Bonchev–Trinajstić information content (AvgIpc) is 2.71. The molecule has 2 nitrogen and oxygen atoms in total. The van der Waals surface area contributed by atoms with Crippen molar-refractivity contribution in [2.75, 3.05) is 5.73 Å². The summed E-state index contributed by atoms with van der Waals surface area (Å²) in [6.07, 6.45) is -2.25. The van der Waals surface area contributed by atoms with Crippen molar-refractivity contribution in [2.45, 2.75) is 32.4 Å². The molecule has 0 spiro atoms. The molecule has 0 bridgehead atoms. The molecule has 114 valence electrons. The van der Waals surface area contributed by atoms with Gasteiger partial charge in [-0.05, 0) is 30.2 Å². The van der Waals surface area contributed by atoms with E-state index in [2.05, 4.69) is 20.9 Å². The molecular weight excluding hydrogens is 365 g/mol. The quantitative estimate of drug-likeness (QED) is 0.808. The number of rotatable bonds is 4. The van der Waals surface area contributed by atoms with Gasteiger partial charge in [-0.25, -0.2) is 4.98 Å². The van der Waals surface area contributed by atoms with E-state index in [1.165, 1.54) is 23.5 Å². The molecule has 2 rings (SSSR count). The summed E-state index contributed by atoms with van der Waals surface area (Å²) in [7, 11) is 0. The maximum atomic E-state index is 12.8. The number of hydrogen-bond acceptors (Lipinski definition) is 3. The number of alkyl halides is 3. The summed E-state index contributed by atoms with van der Waals surface area (Å²) >= 11 is 4.65. The highest BCUT2D eigenvalue weighted by molar-refractivity contribution is 9.10. The molecule has 1 heterocycles. The Kier molecular flexibility index (Phi) is 4.93. The normalized spacial score (nSPS) is 11.9. The van der Waals surface area contributed by atoms with Gasteiger partial charge in [-0.3, -0.25) is 0 Å². The van der Waals surface area contributed by atoms with Crippen LogP contribution in [0.5, 0.6) is 0 Å². The molecule has 0 aliphatic heterocycles. The fourth-order valence-corrected chi connectivity index (χ4v) is 3.32. The van der Waals surface area contributed by atoms with Gasteiger partial charge in [-0.1, -0.05) is 29.3 Å². The topological polar surface area (TPSA) is 38.9 Å². The summed E-state index contributed by atoms with van der Waals surface area (Å²) in [4.78, 5) is 5.18. The van der Waals surface area contributed by atoms with Gasteiger partial charge in [0, 0.05) is 15.8 Å². The highest BCUT2D eigenvalue weighted by Crippen LogP contribution is 2.34. The van der Waals surface area contributed by atoms with Gasteiger partial charge in [0.15, 0.2) is 5.13 Å². The third-order valence-corrected chi connectivity index (χ3v) is 4.71. The van der Waals surface area contributed by atoms with Crippen LogP contribution in [0.4, 0.5) is 18.3 Å². The minimum Gasteiger partial charge on any atom is -0.375 e. The van der Waals surface area contributed by atoms with Crippen molar-refractivity contribution < 1.29 is 13.2 Å². The number of aromatic nitrogens is 1. The van der Waals surface area contributed by atoms with Crippen LogP contribution in [0.15, 0.2) is 22.7 Å². The summed E-state index contributed by atoms with van der Waals surface area (Å²) in [6.45, 7) is 2.03. The largest absolute Gasteiger partial charge is 0.416 e. The Bertz CT molecular complexity index is 638. The third kappa shape index (κ3) is 3.97. The Hall–Kier alpha value is -1.08.